The molecule has 14 heavy (non-hydrogen) atoms. The van der Waals surface area contributed by atoms with E-state index in [1.54, 1.807) is 0 Å². The van der Waals surface area contributed by atoms with Gasteiger partial charge in [0.05, 0.1) is 0 Å². The number of hydrogen-bond acceptors (Lipinski definition) is 1. The molecule has 1 aliphatic heterocycles. The molecular formula is C11H20ClNO. The molecule has 1 rings (SSSR count). The van der Waals surface area contributed by atoms with Gasteiger partial charge in [0.15, 0.2) is 0 Å². The van der Waals surface area contributed by atoms with Gasteiger partial charge in [-0.15, -0.1) is 11.6 Å². The molecule has 0 aromatic carbocycles. The summed E-state index contributed by atoms with van der Waals surface area (Å²) in [5, 5.41) is 0. The summed E-state index contributed by atoms with van der Waals surface area (Å²) < 4.78 is 0. The molecule has 2 unspecified atom stereocenters. The zero-order valence-corrected chi connectivity index (χ0v) is 9.89. The van der Waals surface area contributed by atoms with Gasteiger partial charge in [0.2, 0.25) is 5.91 Å². The molecule has 0 aromatic rings. The Morgan fingerprint density at radius 2 is 2.36 bits per heavy atom. The number of nitrogens with zero attached hydrogens (tertiary/aromatic N) is 1. The molecule has 3 heteroatoms. The van der Waals surface area contributed by atoms with Crippen LogP contribution in [-0.4, -0.2) is 29.8 Å². The quantitative estimate of drug-likeness (QED) is 0.648. The highest BCUT2D eigenvalue weighted by molar-refractivity contribution is 6.18. The first-order valence-electron chi connectivity index (χ1n) is 5.51. The van der Waals surface area contributed by atoms with Gasteiger partial charge in [-0.2, -0.15) is 0 Å². The number of amides is 1. The second-order valence-electron chi connectivity index (χ2n) is 4.42. The SMILES string of the molecule is CCCC1CC(=O)N(CC(C)CCl)C1. The molecule has 1 heterocycles. The molecule has 0 aromatic heterocycles. The summed E-state index contributed by atoms with van der Waals surface area (Å²) in [6, 6.07) is 0. The van der Waals surface area contributed by atoms with Crippen molar-refractivity contribution in [2.45, 2.75) is 33.1 Å². The van der Waals surface area contributed by atoms with Gasteiger partial charge in [0, 0.05) is 25.4 Å². The normalized spacial score (nSPS) is 24.4. The van der Waals surface area contributed by atoms with Crippen LogP contribution in [0.15, 0.2) is 0 Å². The first kappa shape index (κ1) is 11.8. The monoisotopic (exact) mass is 217 g/mol. The van der Waals surface area contributed by atoms with Crippen molar-refractivity contribution in [3.63, 3.8) is 0 Å². The number of alkyl halides is 1. The Balaban J connectivity index is 2.36. The van der Waals surface area contributed by atoms with E-state index in [9.17, 15) is 4.79 Å². The third kappa shape index (κ3) is 3.16. The first-order valence-corrected chi connectivity index (χ1v) is 6.04. The maximum Gasteiger partial charge on any atom is 0.222 e. The molecular weight excluding hydrogens is 198 g/mol. The van der Waals surface area contributed by atoms with Crippen molar-refractivity contribution in [2.75, 3.05) is 19.0 Å². The molecule has 0 saturated carbocycles. The lowest BCUT2D eigenvalue weighted by Crippen LogP contribution is -2.30. The fraction of sp³-hybridized carbons (Fsp3) is 0.909. The number of carbonyl (C=O) groups is 1. The van der Waals surface area contributed by atoms with E-state index in [4.69, 9.17) is 11.6 Å². The highest BCUT2D eigenvalue weighted by Crippen LogP contribution is 2.22. The van der Waals surface area contributed by atoms with Crippen LogP contribution in [0.25, 0.3) is 0 Å². The third-order valence-electron chi connectivity index (χ3n) is 2.79. The van der Waals surface area contributed by atoms with Gasteiger partial charge in [-0.1, -0.05) is 20.3 Å². The van der Waals surface area contributed by atoms with Gasteiger partial charge >= 0.3 is 0 Å². The van der Waals surface area contributed by atoms with Gasteiger partial charge in [0.25, 0.3) is 0 Å². The van der Waals surface area contributed by atoms with Crippen molar-refractivity contribution >= 4 is 17.5 Å². The Hall–Kier alpha value is -0.240. The molecule has 0 radical (unpaired) electrons. The lowest BCUT2D eigenvalue weighted by molar-refractivity contribution is -0.128. The van der Waals surface area contributed by atoms with E-state index in [0.29, 0.717) is 23.6 Å². The zero-order chi connectivity index (χ0) is 10.6. The van der Waals surface area contributed by atoms with Gasteiger partial charge in [-0.25, -0.2) is 0 Å². The lowest BCUT2D eigenvalue weighted by Gasteiger charge is -2.19. The Kier molecular flexibility index (Phi) is 4.73. The van der Waals surface area contributed by atoms with Crippen LogP contribution >= 0.6 is 11.6 Å². The maximum absolute atomic E-state index is 11.6. The van der Waals surface area contributed by atoms with Crippen molar-refractivity contribution in [1.29, 1.82) is 0 Å². The molecule has 1 saturated heterocycles. The van der Waals surface area contributed by atoms with Crippen molar-refractivity contribution in [1.82, 2.24) is 4.90 Å². The topological polar surface area (TPSA) is 20.3 Å². The predicted octanol–water partition coefficient (Wildman–Crippen LogP) is 2.51. The third-order valence-corrected chi connectivity index (χ3v) is 3.31. The van der Waals surface area contributed by atoms with Crippen LogP contribution in [0.4, 0.5) is 0 Å². The van der Waals surface area contributed by atoms with Gasteiger partial charge in [-0.05, 0) is 18.3 Å². The largest absolute Gasteiger partial charge is 0.342 e. The minimum atomic E-state index is 0.320. The number of rotatable bonds is 5. The Morgan fingerprint density at radius 1 is 1.64 bits per heavy atom. The second-order valence-corrected chi connectivity index (χ2v) is 4.73. The Morgan fingerprint density at radius 3 is 2.93 bits per heavy atom. The molecule has 0 N–H and O–H groups in total. The summed E-state index contributed by atoms with van der Waals surface area (Å²) in [5.74, 6) is 1.97. The van der Waals surface area contributed by atoms with Crippen molar-refractivity contribution < 1.29 is 4.79 Å². The summed E-state index contributed by atoms with van der Waals surface area (Å²) in [5.41, 5.74) is 0. The zero-order valence-electron chi connectivity index (χ0n) is 9.13. The average Bonchev–Trinajstić information content (AvgIpc) is 2.47. The fourth-order valence-corrected chi connectivity index (χ4v) is 2.15. The highest BCUT2D eigenvalue weighted by Gasteiger charge is 2.29. The van der Waals surface area contributed by atoms with Crippen molar-refractivity contribution in [2.24, 2.45) is 11.8 Å². The molecule has 82 valence electrons. The van der Waals surface area contributed by atoms with Crippen LogP contribution in [0.5, 0.6) is 0 Å². The summed E-state index contributed by atoms with van der Waals surface area (Å²) in [6.45, 7) is 6.05. The molecule has 0 spiro atoms. The number of likely N-dealkylation sites (tertiary alicyclic amines) is 1. The highest BCUT2D eigenvalue weighted by atomic mass is 35.5. The molecule has 1 amide bonds. The smallest absolute Gasteiger partial charge is 0.222 e. The van der Waals surface area contributed by atoms with E-state index < -0.39 is 0 Å². The van der Waals surface area contributed by atoms with Crippen LogP contribution in [0.2, 0.25) is 0 Å². The number of hydrogen-bond donors (Lipinski definition) is 0. The van der Waals surface area contributed by atoms with Crippen LogP contribution in [0, 0.1) is 11.8 Å². The fourth-order valence-electron chi connectivity index (χ4n) is 2.06. The van der Waals surface area contributed by atoms with E-state index in [2.05, 4.69) is 13.8 Å². The molecule has 1 aliphatic rings. The lowest BCUT2D eigenvalue weighted by atomic mass is 10.0. The van der Waals surface area contributed by atoms with Crippen LogP contribution in [0.3, 0.4) is 0 Å². The Labute approximate surface area is 91.6 Å². The number of halogens is 1. The summed E-state index contributed by atoms with van der Waals surface area (Å²) in [4.78, 5) is 13.6. The van der Waals surface area contributed by atoms with Gasteiger partial charge in [-0.3, -0.25) is 4.79 Å². The molecule has 0 aliphatic carbocycles. The van der Waals surface area contributed by atoms with Gasteiger partial charge in [0.1, 0.15) is 0 Å². The van der Waals surface area contributed by atoms with E-state index in [0.717, 1.165) is 19.5 Å². The van der Waals surface area contributed by atoms with Crippen molar-refractivity contribution in [3.8, 4) is 0 Å². The van der Waals surface area contributed by atoms with Crippen LogP contribution in [-0.2, 0) is 4.79 Å². The van der Waals surface area contributed by atoms with Crippen molar-refractivity contribution in [3.05, 3.63) is 0 Å². The Bertz CT molecular complexity index is 196. The first-order chi connectivity index (χ1) is 6.67. The average molecular weight is 218 g/mol. The van der Waals surface area contributed by atoms with Crippen LogP contribution < -0.4 is 0 Å². The second kappa shape index (κ2) is 5.59. The standard InChI is InChI=1S/C11H20ClNO/c1-3-4-10-5-11(14)13(8-10)7-9(2)6-12/h9-10H,3-8H2,1-2H3. The minimum absolute atomic E-state index is 0.320. The summed E-state index contributed by atoms with van der Waals surface area (Å²) >= 11 is 5.74. The van der Waals surface area contributed by atoms with E-state index in [1.165, 1.54) is 12.8 Å². The van der Waals surface area contributed by atoms with E-state index >= 15 is 0 Å². The molecule has 2 atom stereocenters. The minimum Gasteiger partial charge on any atom is -0.342 e. The summed E-state index contributed by atoms with van der Waals surface area (Å²) in [7, 11) is 0. The predicted molar refractivity (Wildman–Crippen MR) is 59.5 cm³/mol. The molecule has 2 nitrogen and oxygen atoms in total. The van der Waals surface area contributed by atoms with E-state index in [-0.39, 0.29) is 0 Å². The maximum atomic E-state index is 11.6. The van der Waals surface area contributed by atoms with Crippen LogP contribution in [0.1, 0.15) is 33.1 Å². The molecule has 1 fully saturated rings. The van der Waals surface area contributed by atoms with Gasteiger partial charge < -0.3 is 4.90 Å². The van der Waals surface area contributed by atoms with E-state index in [1.807, 2.05) is 4.90 Å². The molecule has 0 bridgehead atoms. The summed E-state index contributed by atoms with van der Waals surface area (Å²) in [6.07, 6.45) is 3.11. The number of carbonyl (C=O) groups excluding carboxylic acids is 1.